The molecule has 2 nitrogen and oxygen atoms in total. The lowest BCUT2D eigenvalue weighted by Gasteiger charge is -2.49. The Morgan fingerprint density at radius 1 is 0.807 bits per heavy atom. The third-order valence-electron chi connectivity index (χ3n) is 15.3. The summed E-state index contributed by atoms with van der Waals surface area (Å²) < 4.78 is 2.59. The first-order valence-corrected chi connectivity index (χ1v) is 21.7. The molecule has 4 aromatic carbocycles. The highest BCUT2D eigenvalue weighted by atomic mass is 15.2. The molecule has 288 valence electrons. The molecule has 0 saturated heterocycles. The second kappa shape index (κ2) is 13.0. The summed E-state index contributed by atoms with van der Waals surface area (Å²) in [4.78, 5) is 2.75. The van der Waals surface area contributed by atoms with Gasteiger partial charge in [-0.2, -0.15) is 0 Å². The molecule has 5 atom stereocenters. The van der Waals surface area contributed by atoms with E-state index in [-0.39, 0.29) is 10.8 Å². The van der Waals surface area contributed by atoms with Gasteiger partial charge in [-0.3, -0.25) is 0 Å². The minimum Gasteiger partial charge on any atom is -0.338 e. The number of aromatic nitrogens is 1. The van der Waals surface area contributed by atoms with Gasteiger partial charge in [-0.05, 0) is 163 Å². The van der Waals surface area contributed by atoms with Crippen molar-refractivity contribution in [3.8, 4) is 16.8 Å². The molecule has 0 N–H and O–H groups in total. The molecule has 10 rings (SSSR count). The number of allylic oxidation sites excluding steroid dienone is 11. The van der Waals surface area contributed by atoms with E-state index in [2.05, 4.69) is 193 Å². The first-order chi connectivity index (χ1) is 27.5. The van der Waals surface area contributed by atoms with Crippen LogP contribution >= 0.6 is 0 Å². The van der Waals surface area contributed by atoms with Gasteiger partial charge in [0.25, 0.3) is 0 Å². The minimum absolute atomic E-state index is 0.0787. The van der Waals surface area contributed by atoms with Gasteiger partial charge in [0.1, 0.15) is 0 Å². The standard InChI is InChI=1S/C55H58N2/c1-10-13-19-33(4)35-24-26-49-41(28-35)43-30-40-38-20-14-16-22-46(38)54(6,7)48(40)32-51(43)56(49)37-25-27-50-42(29-37)45-31-44-39-21-15-17-23-47(39)55(8,9)52(44)34(5)53(45)57(50)36(12-3)18-11-2/h10-16,18-22,24-30,32,34,44-45,52-53H,17,23,31H2,1-9H3/b13-10-,18-11-,33-19+,36-12+/t34-,44?,45?,52?,53-/m0/s1. The van der Waals surface area contributed by atoms with Crippen molar-refractivity contribution in [1.82, 2.24) is 4.57 Å². The van der Waals surface area contributed by atoms with Crippen LogP contribution in [0.4, 0.5) is 5.69 Å². The number of hydrogen-bond acceptors (Lipinski definition) is 1. The summed E-state index contributed by atoms with van der Waals surface area (Å²) in [5.74, 6) is 2.23. The fraction of sp³-hybridized carbons (Fsp3) is 0.345. The second-order valence-corrected chi connectivity index (χ2v) is 18.8. The van der Waals surface area contributed by atoms with E-state index in [1.54, 1.807) is 11.1 Å². The molecule has 4 aliphatic carbocycles. The lowest BCUT2D eigenvalue weighted by atomic mass is 9.58. The Hall–Kier alpha value is -5.08. The summed E-state index contributed by atoms with van der Waals surface area (Å²) in [6.07, 6.45) is 22.0. The van der Waals surface area contributed by atoms with E-state index < -0.39 is 0 Å². The zero-order chi connectivity index (χ0) is 39.5. The van der Waals surface area contributed by atoms with E-state index in [1.807, 2.05) is 0 Å². The molecule has 0 radical (unpaired) electrons. The SMILES string of the molecule is C/C=C\C=C(/C)c1ccc2c(c1)c1cc3c(cc1n2-c1ccc2c(c1)C1CC4C5=C(CCC=C5)C(C)(C)C4[C@H](C)[C@@H]1N2C(/C=C\C)=C/C)C(C)(C)c1ccccc1-3. The number of anilines is 1. The Bertz CT molecular complexity index is 2700. The molecule has 1 aromatic heterocycles. The van der Waals surface area contributed by atoms with E-state index >= 15 is 0 Å². The predicted molar refractivity (Wildman–Crippen MR) is 244 cm³/mol. The Morgan fingerprint density at radius 2 is 1.61 bits per heavy atom. The highest BCUT2D eigenvalue weighted by Crippen LogP contribution is 2.65. The molecular weight excluding hydrogens is 689 g/mol. The molecule has 0 bridgehead atoms. The highest BCUT2D eigenvalue weighted by molar-refractivity contribution is 6.12. The van der Waals surface area contributed by atoms with Crippen molar-refractivity contribution in [1.29, 1.82) is 0 Å². The molecule has 2 heterocycles. The van der Waals surface area contributed by atoms with Gasteiger partial charge in [0, 0.05) is 45.2 Å². The van der Waals surface area contributed by atoms with Crippen molar-refractivity contribution in [3.63, 3.8) is 0 Å². The van der Waals surface area contributed by atoms with E-state index in [0.717, 1.165) is 0 Å². The molecule has 1 saturated carbocycles. The van der Waals surface area contributed by atoms with Gasteiger partial charge in [0.05, 0.1) is 11.0 Å². The van der Waals surface area contributed by atoms with Crippen molar-refractivity contribution < 1.29 is 0 Å². The summed E-state index contributed by atoms with van der Waals surface area (Å²) in [5, 5.41) is 2.64. The molecule has 0 amide bonds. The monoisotopic (exact) mass is 746 g/mol. The first kappa shape index (κ1) is 36.3. The van der Waals surface area contributed by atoms with Gasteiger partial charge in [-0.15, -0.1) is 0 Å². The fourth-order valence-corrected chi connectivity index (χ4v) is 12.9. The van der Waals surface area contributed by atoms with E-state index in [0.29, 0.717) is 29.7 Å². The molecule has 1 fully saturated rings. The van der Waals surface area contributed by atoms with Gasteiger partial charge >= 0.3 is 0 Å². The van der Waals surface area contributed by atoms with Crippen LogP contribution in [-0.4, -0.2) is 10.6 Å². The van der Waals surface area contributed by atoms with Crippen molar-refractivity contribution in [3.05, 3.63) is 161 Å². The first-order valence-electron chi connectivity index (χ1n) is 21.7. The Kier molecular flexibility index (Phi) is 8.25. The van der Waals surface area contributed by atoms with Gasteiger partial charge < -0.3 is 9.47 Å². The van der Waals surface area contributed by atoms with Crippen LogP contribution in [0.2, 0.25) is 0 Å². The van der Waals surface area contributed by atoms with Gasteiger partial charge in [-0.25, -0.2) is 0 Å². The van der Waals surface area contributed by atoms with Crippen molar-refractivity contribution >= 4 is 33.1 Å². The Labute approximate surface area is 340 Å². The van der Waals surface area contributed by atoms with Crippen molar-refractivity contribution in [2.75, 3.05) is 4.90 Å². The predicted octanol–water partition coefficient (Wildman–Crippen LogP) is 14.8. The quantitative estimate of drug-likeness (QED) is 0.163. The molecule has 1 aliphatic heterocycles. The largest absolute Gasteiger partial charge is 0.338 e. The summed E-state index contributed by atoms with van der Waals surface area (Å²) in [6.45, 7) is 21.2. The van der Waals surface area contributed by atoms with Crippen LogP contribution in [0, 0.1) is 23.2 Å². The maximum absolute atomic E-state index is 2.75. The van der Waals surface area contributed by atoms with Crippen molar-refractivity contribution in [2.45, 2.75) is 99.0 Å². The zero-order valence-corrected chi connectivity index (χ0v) is 35.4. The molecule has 3 unspecified atom stereocenters. The normalized spacial score (nSPS) is 25.8. The number of benzene rings is 4. The summed E-state index contributed by atoms with van der Waals surface area (Å²) in [6, 6.07) is 29.2. The van der Waals surface area contributed by atoms with Crippen LogP contribution in [-0.2, 0) is 5.41 Å². The van der Waals surface area contributed by atoms with Crippen LogP contribution < -0.4 is 4.90 Å². The van der Waals surface area contributed by atoms with E-state index in [9.17, 15) is 0 Å². The fourth-order valence-electron chi connectivity index (χ4n) is 12.9. The van der Waals surface area contributed by atoms with Crippen LogP contribution in [0.15, 0.2) is 138 Å². The molecule has 5 aliphatic rings. The van der Waals surface area contributed by atoms with Crippen molar-refractivity contribution in [2.24, 2.45) is 23.2 Å². The average Bonchev–Trinajstić information content (AvgIpc) is 3.87. The second-order valence-electron chi connectivity index (χ2n) is 18.8. The lowest BCUT2D eigenvalue weighted by Crippen LogP contribution is -2.49. The van der Waals surface area contributed by atoms with E-state index in [1.165, 1.54) is 97.1 Å². The summed E-state index contributed by atoms with van der Waals surface area (Å²) in [7, 11) is 0. The third-order valence-corrected chi connectivity index (χ3v) is 15.3. The average molecular weight is 747 g/mol. The van der Waals surface area contributed by atoms with E-state index in [4.69, 9.17) is 0 Å². The van der Waals surface area contributed by atoms with Gasteiger partial charge in [0.15, 0.2) is 0 Å². The number of fused-ring (bicyclic) bond motifs is 11. The van der Waals surface area contributed by atoms with Crippen LogP contribution in [0.3, 0.4) is 0 Å². The Morgan fingerprint density at radius 3 is 2.40 bits per heavy atom. The molecule has 0 spiro atoms. The minimum atomic E-state index is -0.0787. The van der Waals surface area contributed by atoms with Crippen LogP contribution in [0.5, 0.6) is 0 Å². The number of hydrogen-bond donors (Lipinski definition) is 0. The van der Waals surface area contributed by atoms with Gasteiger partial charge in [0.2, 0.25) is 0 Å². The zero-order valence-electron chi connectivity index (χ0n) is 35.4. The Balaban J connectivity index is 1.20. The van der Waals surface area contributed by atoms with Crippen LogP contribution in [0.25, 0.3) is 44.2 Å². The van der Waals surface area contributed by atoms with Gasteiger partial charge in [-0.1, -0.05) is 113 Å². The maximum Gasteiger partial charge on any atom is 0.0544 e. The number of rotatable bonds is 5. The lowest BCUT2D eigenvalue weighted by molar-refractivity contribution is 0.0844. The summed E-state index contributed by atoms with van der Waals surface area (Å²) >= 11 is 0. The molecule has 5 aromatic rings. The topological polar surface area (TPSA) is 8.17 Å². The summed E-state index contributed by atoms with van der Waals surface area (Å²) in [5.41, 5.74) is 19.7. The molecule has 57 heavy (non-hydrogen) atoms. The smallest absolute Gasteiger partial charge is 0.0544 e. The highest BCUT2D eigenvalue weighted by Gasteiger charge is 2.58. The molecular formula is C55H58N2. The van der Waals surface area contributed by atoms with Crippen LogP contribution in [0.1, 0.15) is 110 Å². The maximum atomic E-state index is 2.75. The third kappa shape index (κ3) is 5.01. The molecule has 2 heteroatoms. The number of nitrogens with zero attached hydrogens (tertiary/aromatic N) is 2.